The summed E-state index contributed by atoms with van der Waals surface area (Å²) in [6, 6.07) is 6.93. The van der Waals surface area contributed by atoms with Gasteiger partial charge in [-0.3, -0.25) is 0 Å². The number of hydrogen-bond acceptors (Lipinski definition) is 3. The molecule has 0 fully saturated rings. The molecule has 0 unspecified atom stereocenters. The van der Waals surface area contributed by atoms with Crippen molar-refractivity contribution >= 4 is 21.6 Å². The summed E-state index contributed by atoms with van der Waals surface area (Å²) in [5.41, 5.74) is 2.44. The summed E-state index contributed by atoms with van der Waals surface area (Å²) in [5, 5.41) is 1.09. The molecule has 0 saturated heterocycles. The second-order valence-corrected chi connectivity index (χ2v) is 6.32. The number of benzene rings is 1. The molecule has 0 saturated carbocycles. The number of amides is 2. The van der Waals surface area contributed by atoms with Crippen LogP contribution in [0, 0.1) is 6.92 Å². The number of nitrogens with zero attached hydrogens (tertiary/aromatic N) is 1. The summed E-state index contributed by atoms with van der Waals surface area (Å²) in [7, 11) is -3.81. The molecule has 21 heavy (non-hydrogen) atoms. The Bertz CT molecular complexity index is 632. The fourth-order valence-electron chi connectivity index (χ4n) is 1.92. The lowest BCUT2D eigenvalue weighted by Gasteiger charge is -2.18. The molecule has 0 aromatic heterocycles. The summed E-state index contributed by atoms with van der Waals surface area (Å²) in [5.74, 6) is 0. The van der Waals surface area contributed by atoms with E-state index in [1.165, 1.54) is 4.90 Å². The molecule has 1 rings (SSSR count). The molecule has 0 radical (unpaired) electrons. The first-order chi connectivity index (χ1) is 9.79. The molecule has 0 aliphatic carbocycles. The van der Waals surface area contributed by atoms with E-state index in [9.17, 15) is 13.2 Å². The molecule has 6 heteroatoms. The molecule has 1 aromatic carbocycles. The highest BCUT2D eigenvalue weighted by Gasteiger charge is 2.16. The van der Waals surface area contributed by atoms with Gasteiger partial charge < -0.3 is 4.90 Å². The lowest BCUT2D eigenvalue weighted by molar-refractivity contribution is 0.209. The average Bonchev–Trinajstić information content (AvgIpc) is 2.38. The van der Waals surface area contributed by atoms with E-state index in [4.69, 9.17) is 0 Å². The number of carbonyl (C=O) groups is 1. The minimum Gasteiger partial charge on any atom is -0.325 e. The Hall–Kier alpha value is -1.82. The van der Waals surface area contributed by atoms with Crippen LogP contribution in [0.4, 0.5) is 4.79 Å². The Labute approximate surface area is 126 Å². The largest absolute Gasteiger partial charge is 0.331 e. The minimum absolute atomic E-state index is 0.457. The predicted octanol–water partition coefficient (Wildman–Crippen LogP) is 2.74. The first kappa shape index (κ1) is 17.2. The van der Waals surface area contributed by atoms with Gasteiger partial charge >= 0.3 is 6.03 Å². The second-order valence-electron chi connectivity index (χ2n) is 4.79. The van der Waals surface area contributed by atoms with Crippen molar-refractivity contribution in [3.05, 3.63) is 40.8 Å². The van der Waals surface area contributed by atoms with E-state index in [2.05, 4.69) is 4.72 Å². The molecule has 2 amide bonds. The highest BCUT2D eigenvalue weighted by Crippen LogP contribution is 2.16. The zero-order chi connectivity index (χ0) is 16.0. The van der Waals surface area contributed by atoms with Crippen molar-refractivity contribution in [2.24, 2.45) is 0 Å². The lowest BCUT2D eigenvalue weighted by Crippen LogP contribution is -2.41. The Balaban J connectivity index is 2.93. The number of allylic oxidation sites excluding steroid dienone is 1. The third-order valence-electron chi connectivity index (χ3n) is 3.09. The average molecular weight is 310 g/mol. The number of carbonyl (C=O) groups excluding carboxylic acids is 1. The number of rotatable bonds is 5. The Morgan fingerprint density at radius 1 is 1.29 bits per heavy atom. The number of sulfonamides is 1. The summed E-state index contributed by atoms with van der Waals surface area (Å²) in [4.78, 5) is 13.2. The third-order valence-corrected chi connectivity index (χ3v) is 4.21. The van der Waals surface area contributed by atoms with Gasteiger partial charge in [-0.15, -0.1) is 0 Å². The molecule has 1 N–H and O–H groups in total. The quantitative estimate of drug-likeness (QED) is 0.909. The monoisotopic (exact) mass is 310 g/mol. The van der Waals surface area contributed by atoms with Crippen molar-refractivity contribution in [1.29, 1.82) is 0 Å². The zero-order valence-electron chi connectivity index (χ0n) is 12.9. The number of urea groups is 1. The summed E-state index contributed by atoms with van der Waals surface area (Å²) in [6.45, 7) is 8.15. The van der Waals surface area contributed by atoms with Gasteiger partial charge in [-0.2, -0.15) is 0 Å². The number of nitrogens with one attached hydrogen (secondary N) is 1. The van der Waals surface area contributed by atoms with Gasteiger partial charge in [0.05, 0.1) is 5.41 Å². The van der Waals surface area contributed by atoms with Crippen molar-refractivity contribution in [1.82, 2.24) is 9.62 Å². The maximum atomic E-state index is 12.0. The van der Waals surface area contributed by atoms with Gasteiger partial charge in [0.25, 0.3) is 10.0 Å². The van der Waals surface area contributed by atoms with Crippen LogP contribution in [0.2, 0.25) is 0 Å². The van der Waals surface area contributed by atoms with Gasteiger partial charge in [-0.05, 0) is 38.8 Å². The summed E-state index contributed by atoms with van der Waals surface area (Å²) >= 11 is 0. The van der Waals surface area contributed by atoms with E-state index in [0.717, 1.165) is 16.5 Å². The van der Waals surface area contributed by atoms with Crippen molar-refractivity contribution in [3.8, 4) is 0 Å². The van der Waals surface area contributed by atoms with E-state index in [1.807, 2.05) is 31.2 Å². The van der Waals surface area contributed by atoms with Crippen LogP contribution in [0.15, 0.2) is 29.7 Å². The lowest BCUT2D eigenvalue weighted by atomic mass is 10.1. The standard InChI is InChI=1S/C15H22N2O3S/c1-5-17(6-2)15(18)16-21(19,20)11-13(4)14-9-7-8-12(3)10-14/h7-11H,5-6H2,1-4H3,(H,16,18)/b13-11+. The fraction of sp³-hybridized carbons (Fsp3) is 0.400. The fourth-order valence-corrected chi connectivity index (χ4v) is 2.95. The van der Waals surface area contributed by atoms with Gasteiger partial charge in [-0.1, -0.05) is 29.8 Å². The van der Waals surface area contributed by atoms with E-state index in [-0.39, 0.29) is 0 Å². The third kappa shape index (κ3) is 5.23. The van der Waals surface area contributed by atoms with E-state index in [0.29, 0.717) is 18.7 Å². The van der Waals surface area contributed by atoms with Crippen LogP contribution in [0.25, 0.3) is 5.57 Å². The van der Waals surface area contributed by atoms with Gasteiger partial charge in [0, 0.05) is 13.1 Å². The molecule has 0 bridgehead atoms. The van der Waals surface area contributed by atoms with Gasteiger partial charge in [0.1, 0.15) is 0 Å². The molecule has 0 aliphatic heterocycles. The Morgan fingerprint density at radius 2 is 1.90 bits per heavy atom. The SMILES string of the molecule is CCN(CC)C(=O)NS(=O)(=O)/C=C(\C)c1cccc(C)c1. The highest BCUT2D eigenvalue weighted by molar-refractivity contribution is 7.93. The van der Waals surface area contributed by atoms with Crippen LogP contribution in [-0.4, -0.2) is 32.4 Å². The van der Waals surface area contributed by atoms with Gasteiger partial charge in [-0.25, -0.2) is 17.9 Å². The first-order valence-corrected chi connectivity index (χ1v) is 8.40. The number of aryl methyl sites for hydroxylation is 1. The number of hydrogen-bond donors (Lipinski definition) is 1. The van der Waals surface area contributed by atoms with Crippen molar-refractivity contribution < 1.29 is 13.2 Å². The van der Waals surface area contributed by atoms with E-state index < -0.39 is 16.1 Å². The maximum Gasteiger partial charge on any atom is 0.331 e. The van der Waals surface area contributed by atoms with Crippen LogP contribution in [-0.2, 0) is 10.0 Å². The predicted molar refractivity (Wildman–Crippen MR) is 85.2 cm³/mol. The van der Waals surface area contributed by atoms with Crippen LogP contribution >= 0.6 is 0 Å². The van der Waals surface area contributed by atoms with Crippen molar-refractivity contribution in [2.45, 2.75) is 27.7 Å². The maximum absolute atomic E-state index is 12.0. The van der Waals surface area contributed by atoms with E-state index in [1.54, 1.807) is 20.8 Å². The van der Waals surface area contributed by atoms with E-state index >= 15 is 0 Å². The molecule has 0 spiro atoms. The molecular formula is C15H22N2O3S. The zero-order valence-corrected chi connectivity index (χ0v) is 13.7. The molecular weight excluding hydrogens is 288 g/mol. The van der Waals surface area contributed by atoms with Crippen molar-refractivity contribution in [2.75, 3.05) is 13.1 Å². The molecule has 116 valence electrons. The molecule has 1 aromatic rings. The normalized spacial score (nSPS) is 12.1. The topological polar surface area (TPSA) is 66.5 Å². The highest BCUT2D eigenvalue weighted by atomic mass is 32.2. The summed E-state index contributed by atoms with van der Waals surface area (Å²) in [6.07, 6.45) is 0. The minimum atomic E-state index is -3.81. The Kier molecular flexibility index (Phi) is 5.96. The molecule has 0 heterocycles. The molecule has 0 atom stereocenters. The molecule has 0 aliphatic rings. The first-order valence-electron chi connectivity index (χ1n) is 6.86. The van der Waals surface area contributed by atoms with Crippen LogP contribution in [0.1, 0.15) is 31.9 Å². The Morgan fingerprint density at radius 3 is 2.43 bits per heavy atom. The van der Waals surface area contributed by atoms with Gasteiger partial charge in [0.2, 0.25) is 0 Å². The van der Waals surface area contributed by atoms with Crippen molar-refractivity contribution in [3.63, 3.8) is 0 Å². The van der Waals surface area contributed by atoms with Crippen LogP contribution in [0.5, 0.6) is 0 Å². The second kappa shape index (κ2) is 7.26. The molecule has 5 nitrogen and oxygen atoms in total. The van der Waals surface area contributed by atoms with Crippen LogP contribution < -0.4 is 4.72 Å². The van der Waals surface area contributed by atoms with Gasteiger partial charge in [0.15, 0.2) is 0 Å². The van der Waals surface area contributed by atoms with Crippen LogP contribution in [0.3, 0.4) is 0 Å². The smallest absolute Gasteiger partial charge is 0.325 e. The summed E-state index contributed by atoms with van der Waals surface area (Å²) < 4.78 is 26.1.